The number of rotatable bonds is 12. The SMILES string of the molecule is C[Si](C)(C)CCOCn1nc(-c2ccnc(F)c2)c2cc(Br)ccc21.C[Si](C)(C)CCOCn1nc(I)c2cc(Br)ccc21.OB(O)c1ccnc(F)c1. The summed E-state index contributed by atoms with van der Waals surface area (Å²) in [5, 5.41) is 28.3. The first-order valence-electron chi connectivity index (χ1n) is 17.1. The molecule has 0 aliphatic rings. The number of benzene rings is 2. The van der Waals surface area contributed by atoms with Gasteiger partial charge in [0.15, 0.2) is 0 Å². The second-order valence-electron chi connectivity index (χ2n) is 14.8. The Morgan fingerprint density at radius 1 is 0.704 bits per heavy atom. The number of hydrogen-bond acceptors (Lipinski definition) is 8. The maximum atomic E-state index is 13.5. The van der Waals surface area contributed by atoms with Gasteiger partial charge in [0.2, 0.25) is 11.9 Å². The van der Waals surface area contributed by atoms with Crippen LogP contribution in [0.15, 0.2) is 82.0 Å². The molecule has 0 saturated heterocycles. The number of hydrogen-bond donors (Lipinski definition) is 2. The maximum absolute atomic E-state index is 13.5. The van der Waals surface area contributed by atoms with E-state index in [-0.39, 0.29) is 5.46 Å². The van der Waals surface area contributed by atoms with Crippen LogP contribution in [0.3, 0.4) is 0 Å². The predicted molar refractivity (Wildman–Crippen MR) is 233 cm³/mol. The first-order valence-corrected chi connectivity index (χ1v) is 27.2. The van der Waals surface area contributed by atoms with Gasteiger partial charge in [0.25, 0.3) is 0 Å². The molecule has 0 unspecified atom stereocenters. The number of halogens is 5. The molecular weight excluding hydrogens is 972 g/mol. The zero-order valence-corrected chi connectivity index (χ0v) is 38.4. The Bertz CT molecular complexity index is 2150. The van der Waals surface area contributed by atoms with Crippen LogP contribution in [0.2, 0.25) is 51.4 Å². The molecule has 0 amide bonds. The van der Waals surface area contributed by atoms with Crippen molar-refractivity contribution in [3.63, 3.8) is 0 Å². The fourth-order valence-electron chi connectivity index (χ4n) is 4.86. The minimum atomic E-state index is -1.63. The van der Waals surface area contributed by atoms with E-state index in [2.05, 4.69) is 126 Å². The Kier molecular flexibility index (Phi) is 16.5. The molecule has 2 N–H and O–H groups in total. The third kappa shape index (κ3) is 13.9. The molecule has 10 nitrogen and oxygen atoms in total. The molecular formula is C36H44BBr2F2IN6O4Si2. The summed E-state index contributed by atoms with van der Waals surface area (Å²) >= 11 is 9.26. The highest BCUT2D eigenvalue weighted by atomic mass is 127. The van der Waals surface area contributed by atoms with Crippen LogP contribution in [-0.2, 0) is 22.9 Å². The van der Waals surface area contributed by atoms with Crippen LogP contribution in [0, 0.1) is 15.6 Å². The monoisotopic (exact) mass is 1010 g/mol. The van der Waals surface area contributed by atoms with Gasteiger partial charge in [-0.1, -0.05) is 71.1 Å². The summed E-state index contributed by atoms with van der Waals surface area (Å²) in [5.41, 5.74) is 3.62. The summed E-state index contributed by atoms with van der Waals surface area (Å²) in [6.45, 7) is 16.5. The Morgan fingerprint density at radius 2 is 1.20 bits per heavy atom. The predicted octanol–water partition coefficient (Wildman–Crippen LogP) is 8.93. The third-order valence-corrected chi connectivity index (χ3v) is 13.0. The minimum absolute atomic E-state index is 0.104. The van der Waals surface area contributed by atoms with Crippen molar-refractivity contribution < 1.29 is 28.3 Å². The van der Waals surface area contributed by atoms with Gasteiger partial charge in [-0.05, 0) is 94.7 Å². The molecule has 0 bridgehead atoms. The molecule has 6 aromatic rings. The number of nitrogens with zero attached hydrogens (tertiary/aromatic N) is 6. The van der Waals surface area contributed by atoms with Crippen molar-refractivity contribution in [2.24, 2.45) is 0 Å². The molecule has 0 atom stereocenters. The molecule has 0 radical (unpaired) electrons. The van der Waals surface area contributed by atoms with Gasteiger partial charge in [-0.2, -0.15) is 19.0 Å². The van der Waals surface area contributed by atoms with Crippen molar-refractivity contribution >= 4 is 105 Å². The second kappa shape index (κ2) is 20.1. The van der Waals surface area contributed by atoms with E-state index >= 15 is 0 Å². The van der Waals surface area contributed by atoms with E-state index in [9.17, 15) is 8.78 Å². The number of aromatic nitrogens is 6. The third-order valence-electron chi connectivity index (χ3n) is 7.85. The average molecular weight is 1020 g/mol. The van der Waals surface area contributed by atoms with E-state index in [1.807, 2.05) is 33.6 Å². The Hall–Kier alpha value is -2.43. The highest BCUT2D eigenvalue weighted by Gasteiger charge is 2.16. The number of pyridine rings is 2. The van der Waals surface area contributed by atoms with Crippen molar-refractivity contribution in [2.45, 2.75) is 64.8 Å². The van der Waals surface area contributed by atoms with Gasteiger partial charge < -0.3 is 19.5 Å². The maximum Gasteiger partial charge on any atom is 0.488 e. The molecule has 0 spiro atoms. The highest BCUT2D eigenvalue weighted by molar-refractivity contribution is 14.1. The standard InChI is InChI=1S/C18H21BrFN3OSi.C13H18BrIN2OSi.C5H5BFNO2/c1-25(2,3)9-8-24-12-23-16-5-4-14(19)11-15(16)18(22-23)13-6-7-21-17(20)10-13;1-19(2,3)7-6-18-9-17-12-5-4-10(14)8-11(12)13(15)16-17;7-5-3-4(6(9)10)1-2-8-5/h4-7,10-11H,8-9,12H2,1-3H3;4-5,8H,6-7,9H2,1-3H3;1-3,9-10H. The minimum Gasteiger partial charge on any atom is -0.423 e. The zero-order chi connectivity index (χ0) is 39.6. The topological polar surface area (TPSA) is 120 Å². The van der Waals surface area contributed by atoms with Crippen LogP contribution in [0.4, 0.5) is 8.78 Å². The van der Waals surface area contributed by atoms with Gasteiger partial charge in [-0.25, -0.2) is 19.3 Å². The van der Waals surface area contributed by atoms with Gasteiger partial charge in [-0.3, -0.25) is 0 Å². The highest BCUT2D eigenvalue weighted by Crippen LogP contribution is 2.30. The van der Waals surface area contributed by atoms with E-state index in [4.69, 9.17) is 19.5 Å². The Morgan fingerprint density at radius 3 is 1.70 bits per heavy atom. The van der Waals surface area contributed by atoms with Crippen molar-refractivity contribution in [3.05, 3.63) is 97.6 Å². The quantitative estimate of drug-likeness (QED) is 0.0540. The van der Waals surface area contributed by atoms with Crippen LogP contribution in [-0.4, -0.2) is 76.1 Å². The van der Waals surface area contributed by atoms with Gasteiger partial charge in [0, 0.05) is 73.1 Å². The molecule has 6 rings (SSSR count). The lowest BCUT2D eigenvalue weighted by atomic mass is 9.81. The van der Waals surface area contributed by atoms with Crippen molar-refractivity contribution in [1.29, 1.82) is 0 Å². The molecule has 0 fully saturated rings. The molecule has 0 saturated carbocycles. The molecule has 288 valence electrons. The molecule has 0 aliphatic heterocycles. The van der Waals surface area contributed by atoms with Gasteiger partial charge >= 0.3 is 7.12 Å². The van der Waals surface area contributed by atoms with Crippen LogP contribution >= 0.6 is 54.5 Å². The summed E-state index contributed by atoms with van der Waals surface area (Å²) < 4.78 is 44.2. The second-order valence-corrected chi connectivity index (χ2v) is 28.9. The van der Waals surface area contributed by atoms with Gasteiger partial charge in [-0.15, -0.1) is 0 Å². The summed E-state index contributed by atoms with van der Waals surface area (Å²) in [6, 6.07) is 19.9. The first kappa shape index (κ1) is 44.3. The van der Waals surface area contributed by atoms with Crippen molar-refractivity contribution in [1.82, 2.24) is 29.5 Å². The fourth-order valence-corrected chi connectivity index (χ4v) is 7.79. The fraction of sp³-hybridized carbons (Fsp3) is 0.333. The van der Waals surface area contributed by atoms with Crippen LogP contribution in [0.1, 0.15) is 0 Å². The Balaban J connectivity index is 0.000000197. The lowest BCUT2D eigenvalue weighted by Crippen LogP contribution is -2.30. The summed E-state index contributed by atoms with van der Waals surface area (Å²) in [7, 11) is -3.76. The smallest absolute Gasteiger partial charge is 0.423 e. The average Bonchev–Trinajstić information content (AvgIpc) is 3.60. The largest absolute Gasteiger partial charge is 0.488 e. The molecule has 0 aliphatic carbocycles. The van der Waals surface area contributed by atoms with Crippen LogP contribution in [0.5, 0.6) is 0 Å². The van der Waals surface area contributed by atoms with E-state index in [0.717, 1.165) is 60.1 Å². The van der Waals surface area contributed by atoms with Crippen molar-refractivity contribution in [2.75, 3.05) is 13.2 Å². The lowest BCUT2D eigenvalue weighted by molar-refractivity contribution is 0.0814. The van der Waals surface area contributed by atoms with E-state index in [1.165, 1.54) is 36.0 Å². The molecule has 4 heterocycles. The van der Waals surface area contributed by atoms with E-state index in [0.29, 0.717) is 19.0 Å². The molecule has 18 heteroatoms. The summed E-state index contributed by atoms with van der Waals surface area (Å²) in [6.07, 6.45) is 2.63. The number of ether oxygens (including phenoxy) is 2. The number of fused-ring (bicyclic) bond motifs is 2. The van der Waals surface area contributed by atoms with E-state index < -0.39 is 35.2 Å². The van der Waals surface area contributed by atoms with Crippen molar-refractivity contribution in [3.8, 4) is 11.3 Å². The zero-order valence-electron chi connectivity index (χ0n) is 31.0. The normalized spacial score (nSPS) is 11.6. The van der Waals surface area contributed by atoms with E-state index in [1.54, 1.807) is 6.07 Å². The van der Waals surface area contributed by atoms with Crippen LogP contribution < -0.4 is 5.46 Å². The molecule has 4 aromatic heterocycles. The molecule has 54 heavy (non-hydrogen) atoms. The van der Waals surface area contributed by atoms with Gasteiger partial charge in [0.05, 0.1) is 11.0 Å². The lowest BCUT2D eigenvalue weighted by Gasteiger charge is -2.15. The van der Waals surface area contributed by atoms with Gasteiger partial charge in [0.1, 0.15) is 22.9 Å². The first-order chi connectivity index (χ1) is 25.4. The Labute approximate surface area is 347 Å². The summed E-state index contributed by atoms with van der Waals surface area (Å²) in [4.78, 5) is 6.86. The van der Waals surface area contributed by atoms with Crippen LogP contribution in [0.25, 0.3) is 33.1 Å². The summed E-state index contributed by atoms with van der Waals surface area (Å²) in [5.74, 6) is -1.23. The molecule has 2 aromatic carbocycles.